The van der Waals surface area contributed by atoms with Crippen molar-refractivity contribution in [3.63, 3.8) is 0 Å². The summed E-state index contributed by atoms with van der Waals surface area (Å²) in [6.07, 6.45) is 3.21. The Balaban J connectivity index is 1.32. The predicted octanol–water partition coefficient (Wildman–Crippen LogP) is 4.99. The van der Waals surface area contributed by atoms with Crippen molar-refractivity contribution in [3.8, 4) is 28.5 Å². The van der Waals surface area contributed by atoms with Crippen LogP contribution in [0.15, 0.2) is 30.9 Å². The van der Waals surface area contributed by atoms with Crippen molar-refractivity contribution >= 4 is 5.82 Å². The number of aromatic nitrogens is 7. The number of imidazole rings is 1. The first-order valence-corrected chi connectivity index (χ1v) is 13.5. The lowest BCUT2D eigenvalue weighted by molar-refractivity contribution is -0.140. The van der Waals surface area contributed by atoms with Gasteiger partial charge in [0.15, 0.2) is 5.69 Å². The first kappa shape index (κ1) is 25.9. The second-order valence-corrected chi connectivity index (χ2v) is 10.9. The van der Waals surface area contributed by atoms with E-state index in [1.807, 2.05) is 17.8 Å². The molecule has 6 heterocycles. The molecule has 3 unspecified atom stereocenters. The van der Waals surface area contributed by atoms with E-state index >= 15 is 0 Å². The molecule has 0 N–H and O–H groups in total. The number of nitrogens with zero attached hydrogens (tertiary/aromatic N) is 8. The van der Waals surface area contributed by atoms with Crippen molar-refractivity contribution in [3.05, 3.63) is 53.5 Å². The minimum Gasteiger partial charge on any atom is -0.480 e. The molecule has 2 aliphatic heterocycles. The molecular weight excluding hydrogens is 537 g/mol. The summed E-state index contributed by atoms with van der Waals surface area (Å²) in [4.78, 5) is 19.9. The largest absolute Gasteiger partial charge is 0.480 e. The van der Waals surface area contributed by atoms with Crippen LogP contribution in [0.1, 0.15) is 66.4 Å². The van der Waals surface area contributed by atoms with E-state index in [0.717, 1.165) is 60.1 Å². The maximum Gasteiger partial charge on any atom is 0.434 e. The summed E-state index contributed by atoms with van der Waals surface area (Å²) in [5.74, 6) is 1.77. The van der Waals surface area contributed by atoms with E-state index in [2.05, 4.69) is 19.9 Å². The molecule has 10 nitrogen and oxygen atoms in total. The van der Waals surface area contributed by atoms with Gasteiger partial charge in [-0.25, -0.2) is 19.9 Å². The van der Waals surface area contributed by atoms with Gasteiger partial charge in [0, 0.05) is 50.6 Å². The maximum absolute atomic E-state index is 13.2. The molecular formula is C28H29F3N8O2. The van der Waals surface area contributed by atoms with Gasteiger partial charge in [0.1, 0.15) is 29.8 Å². The van der Waals surface area contributed by atoms with E-state index in [0.29, 0.717) is 23.2 Å². The Kier molecular flexibility index (Phi) is 5.86. The number of ether oxygens (including phenoxy) is 2. The van der Waals surface area contributed by atoms with Gasteiger partial charge in [0.2, 0.25) is 5.88 Å². The highest BCUT2D eigenvalue weighted by Crippen LogP contribution is 2.55. The molecule has 2 bridgehead atoms. The topological polar surface area (TPSA) is 96.0 Å². The Labute approximate surface area is 234 Å². The van der Waals surface area contributed by atoms with Crippen molar-refractivity contribution in [1.82, 2.24) is 34.3 Å². The third-order valence-electron chi connectivity index (χ3n) is 8.44. The third-order valence-corrected chi connectivity index (χ3v) is 8.44. The Morgan fingerprint density at radius 2 is 1.80 bits per heavy atom. The van der Waals surface area contributed by atoms with Crippen LogP contribution < -0.4 is 9.64 Å². The molecule has 7 rings (SSSR count). The molecule has 0 spiro atoms. The zero-order valence-corrected chi connectivity index (χ0v) is 23.1. The van der Waals surface area contributed by atoms with Crippen LogP contribution in [0.25, 0.3) is 22.6 Å². The lowest BCUT2D eigenvalue weighted by Crippen LogP contribution is -2.42. The third kappa shape index (κ3) is 4.00. The lowest BCUT2D eigenvalue weighted by Gasteiger charge is -2.40. The molecule has 13 heteroatoms. The van der Waals surface area contributed by atoms with Crippen LogP contribution in [0, 0.1) is 0 Å². The molecule has 3 aliphatic rings. The highest BCUT2D eigenvalue weighted by Gasteiger charge is 2.50. The van der Waals surface area contributed by atoms with E-state index < -0.39 is 11.9 Å². The Morgan fingerprint density at radius 1 is 1.00 bits per heavy atom. The van der Waals surface area contributed by atoms with E-state index in [1.54, 1.807) is 39.9 Å². The van der Waals surface area contributed by atoms with Gasteiger partial charge in [0.05, 0.1) is 36.1 Å². The summed E-state index contributed by atoms with van der Waals surface area (Å²) in [6, 6.07) is 3.59. The van der Waals surface area contributed by atoms with Gasteiger partial charge < -0.3 is 18.9 Å². The second-order valence-electron chi connectivity index (χ2n) is 10.9. The number of alkyl halides is 3. The lowest BCUT2D eigenvalue weighted by atomic mass is 9.91. The van der Waals surface area contributed by atoms with Gasteiger partial charge in [-0.3, -0.25) is 4.68 Å². The summed E-state index contributed by atoms with van der Waals surface area (Å²) >= 11 is 0. The van der Waals surface area contributed by atoms with Crippen LogP contribution in [0.2, 0.25) is 0 Å². The zero-order valence-electron chi connectivity index (χ0n) is 23.1. The van der Waals surface area contributed by atoms with E-state index in [4.69, 9.17) is 19.6 Å². The molecule has 0 radical (unpaired) electrons. The fraction of sp³-hybridized carbons (Fsp3) is 0.464. The number of fused-ring (bicyclic) bond motifs is 4. The van der Waals surface area contributed by atoms with Gasteiger partial charge in [0.25, 0.3) is 0 Å². The SMILES string of the molecule is COc1ncnc(C2CC2)c1-c1nn(C)c2c1C1CCC(C2OC)N1c1ccc(-c2nc(C(F)(F)F)cn2C)cn1. The standard InChI is InChI=1S/C28H29F3N8O2/c1-37-12-18(28(29,30)31)35-26(37)15-7-10-19(32-11-15)39-16-8-9-17(39)25(40-3)24-20(16)23(36-38(24)2)21-22(14-5-6-14)33-13-34-27(21)41-4/h7,10-14,16-17,25H,5-6,8-9H2,1-4H3. The van der Waals surface area contributed by atoms with Crippen LogP contribution in [0.5, 0.6) is 5.88 Å². The van der Waals surface area contributed by atoms with Crippen molar-refractivity contribution in [2.75, 3.05) is 19.1 Å². The summed E-state index contributed by atoms with van der Waals surface area (Å²) in [5, 5.41) is 5.00. The predicted molar refractivity (Wildman–Crippen MR) is 142 cm³/mol. The highest BCUT2D eigenvalue weighted by molar-refractivity contribution is 5.75. The highest BCUT2D eigenvalue weighted by atomic mass is 19.4. The quantitative estimate of drug-likeness (QED) is 0.322. The first-order valence-electron chi connectivity index (χ1n) is 13.5. The number of halogens is 3. The van der Waals surface area contributed by atoms with Crippen LogP contribution in [-0.4, -0.2) is 54.5 Å². The van der Waals surface area contributed by atoms with Gasteiger partial charge in [-0.2, -0.15) is 18.3 Å². The summed E-state index contributed by atoms with van der Waals surface area (Å²) in [7, 11) is 6.79. The second kappa shape index (κ2) is 9.26. The summed E-state index contributed by atoms with van der Waals surface area (Å²) in [6.45, 7) is 0. The van der Waals surface area contributed by atoms with E-state index in [9.17, 15) is 13.2 Å². The molecule has 41 heavy (non-hydrogen) atoms. The first-order chi connectivity index (χ1) is 19.7. The fourth-order valence-electron chi connectivity index (χ4n) is 6.57. The van der Waals surface area contributed by atoms with E-state index in [-0.39, 0.29) is 24.0 Å². The Morgan fingerprint density at radius 3 is 2.44 bits per heavy atom. The van der Waals surface area contributed by atoms with E-state index in [1.165, 1.54) is 4.57 Å². The monoisotopic (exact) mass is 566 g/mol. The van der Waals surface area contributed by atoms with Crippen molar-refractivity contribution < 1.29 is 22.6 Å². The normalized spacial score (nSPS) is 21.8. The summed E-state index contributed by atoms with van der Waals surface area (Å²) in [5.41, 5.74) is 4.21. The molecule has 4 aromatic heterocycles. The zero-order chi connectivity index (χ0) is 28.6. The van der Waals surface area contributed by atoms with Gasteiger partial charge in [-0.15, -0.1) is 0 Å². The van der Waals surface area contributed by atoms with Gasteiger partial charge in [-0.1, -0.05) is 0 Å². The molecule has 1 aliphatic carbocycles. The number of hydrogen-bond acceptors (Lipinski definition) is 8. The molecule has 2 fully saturated rings. The molecule has 1 saturated carbocycles. The molecule has 214 valence electrons. The number of aryl methyl sites for hydroxylation is 2. The maximum atomic E-state index is 13.2. The fourth-order valence-corrected chi connectivity index (χ4v) is 6.57. The molecule has 0 amide bonds. The van der Waals surface area contributed by atoms with Gasteiger partial charge in [-0.05, 0) is 37.8 Å². The smallest absolute Gasteiger partial charge is 0.434 e. The number of hydrogen-bond donors (Lipinski definition) is 0. The Hall–Kier alpha value is -4.00. The minimum atomic E-state index is -4.52. The average molecular weight is 567 g/mol. The molecule has 4 aromatic rings. The van der Waals surface area contributed by atoms with Crippen LogP contribution in [-0.2, 0) is 25.0 Å². The van der Waals surface area contributed by atoms with Crippen LogP contribution in [0.3, 0.4) is 0 Å². The number of pyridine rings is 1. The molecule has 1 saturated heterocycles. The number of methoxy groups -OCH3 is 2. The van der Waals surface area contributed by atoms with Crippen LogP contribution in [0.4, 0.5) is 19.0 Å². The number of rotatable bonds is 6. The average Bonchev–Trinajstić information content (AvgIpc) is 3.52. The Bertz CT molecular complexity index is 1630. The van der Waals surface area contributed by atoms with Crippen molar-refractivity contribution in [2.24, 2.45) is 14.1 Å². The molecule has 0 aromatic carbocycles. The van der Waals surface area contributed by atoms with Crippen molar-refractivity contribution in [2.45, 2.75) is 56.0 Å². The number of anilines is 1. The minimum absolute atomic E-state index is 0.0147. The van der Waals surface area contributed by atoms with Gasteiger partial charge >= 0.3 is 6.18 Å². The molecule has 3 atom stereocenters. The summed E-state index contributed by atoms with van der Waals surface area (Å²) < 4.78 is 54.8. The van der Waals surface area contributed by atoms with Crippen molar-refractivity contribution in [1.29, 1.82) is 0 Å². The van der Waals surface area contributed by atoms with Crippen LogP contribution >= 0.6 is 0 Å².